The van der Waals surface area contributed by atoms with Crippen LogP contribution in [0.3, 0.4) is 0 Å². The molecule has 1 unspecified atom stereocenters. The van der Waals surface area contributed by atoms with Gasteiger partial charge in [0.2, 0.25) is 0 Å². The van der Waals surface area contributed by atoms with E-state index in [1.807, 2.05) is 30.3 Å². The van der Waals surface area contributed by atoms with Gasteiger partial charge in [-0.1, -0.05) is 65.7 Å². The largest absolute Gasteiger partial charge is 0.488 e. The second-order valence-corrected chi connectivity index (χ2v) is 7.23. The Morgan fingerprint density at radius 2 is 1.64 bits per heavy atom. The number of ether oxygens (including phenoxy) is 1. The van der Waals surface area contributed by atoms with Gasteiger partial charge in [-0.3, -0.25) is 0 Å². The van der Waals surface area contributed by atoms with E-state index in [0.717, 1.165) is 15.6 Å². The molecule has 3 aromatic carbocycles. The normalized spacial score (nSPS) is 12.0. The van der Waals surface area contributed by atoms with Crippen molar-refractivity contribution in [1.82, 2.24) is 0 Å². The number of rotatable bonds is 5. The number of aliphatic hydroxyl groups excluding tert-OH is 1. The molecule has 0 saturated carbocycles. The highest BCUT2D eigenvalue weighted by molar-refractivity contribution is 9.10. The van der Waals surface area contributed by atoms with Crippen LogP contribution >= 0.6 is 39.1 Å². The van der Waals surface area contributed by atoms with E-state index in [-0.39, 0.29) is 0 Å². The standard InChI is InChI=1S/C20H15BrCl2O2/c21-17-10-16(20(24)14-6-8-15(22)9-7-14)18(23)11-19(17)25-12-13-4-2-1-3-5-13/h1-11,20,24H,12H2. The molecule has 3 rings (SSSR count). The van der Waals surface area contributed by atoms with E-state index in [4.69, 9.17) is 27.9 Å². The first kappa shape index (κ1) is 18.3. The van der Waals surface area contributed by atoms with Crippen molar-refractivity contribution < 1.29 is 9.84 Å². The molecule has 0 saturated heterocycles. The van der Waals surface area contributed by atoms with Gasteiger partial charge in [-0.05, 0) is 45.3 Å². The molecule has 0 fully saturated rings. The number of benzene rings is 3. The molecule has 25 heavy (non-hydrogen) atoms. The topological polar surface area (TPSA) is 29.5 Å². The Bertz CT molecular complexity index is 852. The second kappa shape index (κ2) is 8.24. The van der Waals surface area contributed by atoms with Crippen LogP contribution in [0.5, 0.6) is 5.75 Å². The van der Waals surface area contributed by atoms with Crippen molar-refractivity contribution in [2.45, 2.75) is 12.7 Å². The third-order valence-electron chi connectivity index (χ3n) is 3.77. The fourth-order valence-electron chi connectivity index (χ4n) is 2.42. The smallest absolute Gasteiger partial charge is 0.135 e. The molecule has 3 aromatic rings. The first-order valence-electron chi connectivity index (χ1n) is 7.64. The first-order valence-corrected chi connectivity index (χ1v) is 9.18. The minimum Gasteiger partial charge on any atom is -0.488 e. The van der Waals surface area contributed by atoms with Gasteiger partial charge in [0.1, 0.15) is 18.5 Å². The van der Waals surface area contributed by atoms with Crippen LogP contribution in [0, 0.1) is 0 Å². The van der Waals surface area contributed by atoms with Crippen LogP contribution in [0.2, 0.25) is 10.0 Å². The van der Waals surface area contributed by atoms with Gasteiger partial charge in [-0.15, -0.1) is 0 Å². The molecule has 0 aliphatic carbocycles. The number of hydrogen-bond donors (Lipinski definition) is 1. The predicted octanol–water partition coefficient (Wildman–Crippen LogP) is 6.42. The SMILES string of the molecule is OC(c1ccc(Cl)cc1)c1cc(Br)c(OCc2ccccc2)cc1Cl. The lowest BCUT2D eigenvalue weighted by Gasteiger charge is -2.16. The van der Waals surface area contributed by atoms with Crippen LogP contribution in [0.15, 0.2) is 71.2 Å². The molecule has 0 aliphatic heterocycles. The van der Waals surface area contributed by atoms with E-state index < -0.39 is 6.10 Å². The summed E-state index contributed by atoms with van der Waals surface area (Å²) in [4.78, 5) is 0. The minimum absolute atomic E-state index is 0.439. The van der Waals surface area contributed by atoms with E-state index >= 15 is 0 Å². The van der Waals surface area contributed by atoms with E-state index in [0.29, 0.717) is 28.0 Å². The van der Waals surface area contributed by atoms with Crippen molar-refractivity contribution in [2.24, 2.45) is 0 Å². The quantitative estimate of drug-likeness (QED) is 0.499. The number of aliphatic hydroxyl groups is 1. The Labute approximate surface area is 165 Å². The zero-order valence-electron chi connectivity index (χ0n) is 13.1. The van der Waals surface area contributed by atoms with E-state index in [1.165, 1.54) is 0 Å². The monoisotopic (exact) mass is 436 g/mol. The molecular formula is C20H15BrCl2O2. The molecule has 1 atom stereocenters. The van der Waals surface area contributed by atoms with Gasteiger partial charge in [0.25, 0.3) is 0 Å². The Morgan fingerprint density at radius 3 is 2.32 bits per heavy atom. The van der Waals surface area contributed by atoms with Crippen molar-refractivity contribution in [3.63, 3.8) is 0 Å². The molecule has 0 amide bonds. The first-order chi connectivity index (χ1) is 12.0. The van der Waals surface area contributed by atoms with E-state index in [9.17, 15) is 5.11 Å². The van der Waals surface area contributed by atoms with Crippen LogP contribution in [-0.4, -0.2) is 5.11 Å². The summed E-state index contributed by atoms with van der Waals surface area (Å²) in [6, 6.07) is 20.4. The molecule has 1 N–H and O–H groups in total. The van der Waals surface area contributed by atoms with Crippen LogP contribution in [0.25, 0.3) is 0 Å². The second-order valence-electron chi connectivity index (χ2n) is 5.53. The van der Waals surface area contributed by atoms with E-state index in [2.05, 4.69) is 15.9 Å². The number of halogens is 3. The zero-order valence-corrected chi connectivity index (χ0v) is 16.2. The highest BCUT2D eigenvalue weighted by atomic mass is 79.9. The average molecular weight is 438 g/mol. The van der Waals surface area contributed by atoms with Gasteiger partial charge in [0, 0.05) is 16.7 Å². The summed E-state index contributed by atoms with van der Waals surface area (Å²) in [5.74, 6) is 0.626. The molecule has 128 valence electrons. The summed E-state index contributed by atoms with van der Waals surface area (Å²) < 4.78 is 6.56. The summed E-state index contributed by atoms with van der Waals surface area (Å²) in [6.45, 7) is 0.439. The molecular weight excluding hydrogens is 423 g/mol. The fraction of sp³-hybridized carbons (Fsp3) is 0.100. The van der Waals surface area contributed by atoms with Crippen molar-refractivity contribution in [2.75, 3.05) is 0 Å². The minimum atomic E-state index is -0.843. The van der Waals surface area contributed by atoms with Crippen molar-refractivity contribution in [3.05, 3.63) is 97.9 Å². The fourth-order valence-corrected chi connectivity index (χ4v) is 3.28. The van der Waals surface area contributed by atoms with Gasteiger partial charge in [-0.25, -0.2) is 0 Å². The van der Waals surface area contributed by atoms with Gasteiger partial charge < -0.3 is 9.84 Å². The lowest BCUT2D eigenvalue weighted by molar-refractivity contribution is 0.220. The maximum Gasteiger partial charge on any atom is 0.135 e. The van der Waals surface area contributed by atoms with Crippen LogP contribution in [0.1, 0.15) is 22.8 Å². The summed E-state index contributed by atoms with van der Waals surface area (Å²) in [5.41, 5.74) is 2.38. The lowest BCUT2D eigenvalue weighted by Crippen LogP contribution is -2.02. The third kappa shape index (κ3) is 4.56. The Hall–Kier alpha value is -1.52. The molecule has 2 nitrogen and oxygen atoms in total. The van der Waals surface area contributed by atoms with Crippen LogP contribution in [0.4, 0.5) is 0 Å². The van der Waals surface area contributed by atoms with Gasteiger partial charge >= 0.3 is 0 Å². The maximum absolute atomic E-state index is 10.6. The molecule has 0 heterocycles. The highest BCUT2D eigenvalue weighted by Gasteiger charge is 2.17. The van der Waals surface area contributed by atoms with Crippen LogP contribution < -0.4 is 4.74 Å². The Balaban J connectivity index is 1.81. The van der Waals surface area contributed by atoms with Gasteiger partial charge in [0.15, 0.2) is 0 Å². The van der Waals surface area contributed by atoms with Gasteiger partial charge in [-0.2, -0.15) is 0 Å². The van der Waals surface area contributed by atoms with Crippen molar-refractivity contribution in [1.29, 1.82) is 0 Å². The highest BCUT2D eigenvalue weighted by Crippen LogP contribution is 2.37. The lowest BCUT2D eigenvalue weighted by atomic mass is 10.0. The zero-order chi connectivity index (χ0) is 17.8. The van der Waals surface area contributed by atoms with E-state index in [1.54, 1.807) is 36.4 Å². The molecule has 0 aliphatic rings. The van der Waals surface area contributed by atoms with Crippen molar-refractivity contribution in [3.8, 4) is 5.75 Å². The molecule has 0 spiro atoms. The summed E-state index contributed by atoms with van der Waals surface area (Å²) in [7, 11) is 0. The maximum atomic E-state index is 10.6. The van der Waals surface area contributed by atoms with Crippen molar-refractivity contribution >= 4 is 39.1 Å². The Morgan fingerprint density at radius 1 is 0.960 bits per heavy atom. The predicted molar refractivity (Wildman–Crippen MR) is 105 cm³/mol. The summed E-state index contributed by atoms with van der Waals surface area (Å²) in [5, 5.41) is 11.7. The summed E-state index contributed by atoms with van der Waals surface area (Å²) >= 11 is 15.8. The summed E-state index contributed by atoms with van der Waals surface area (Å²) in [6.07, 6.45) is -0.843. The number of hydrogen-bond acceptors (Lipinski definition) is 2. The average Bonchev–Trinajstić information content (AvgIpc) is 2.63. The van der Waals surface area contributed by atoms with Crippen LogP contribution in [-0.2, 0) is 6.61 Å². The molecule has 0 bridgehead atoms. The third-order valence-corrected chi connectivity index (χ3v) is 4.97. The Kier molecular flexibility index (Phi) is 6.02. The molecule has 0 radical (unpaired) electrons. The molecule has 0 aromatic heterocycles. The van der Waals surface area contributed by atoms with Gasteiger partial charge in [0.05, 0.1) is 9.50 Å². The molecule has 5 heteroatoms.